The standard InChI is InChI=1S/C19H19N7O3S.ClH/c1-11-14-15(26-9-10-29-19(26)28)22-16(17-21-12(2)23-30-17)25(14)8-7-24(11)18(27)13-3-5-20-6-4-13;/h3-6,11H,7-10H2,1-2H3;1H/t11-;/m1./s1. The van der Waals surface area contributed by atoms with Crippen LogP contribution >= 0.6 is 23.9 Å². The lowest BCUT2D eigenvalue weighted by Crippen LogP contribution is -2.42. The van der Waals surface area contributed by atoms with E-state index >= 15 is 0 Å². The predicted molar refractivity (Wildman–Crippen MR) is 115 cm³/mol. The number of halogens is 1. The molecule has 0 N–H and O–H groups in total. The number of hydrogen-bond donors (Lipinski definition) is 0. The molecule has 1 atom stereocenters. The highest BCUT2D eigenvalue weighted by Gasteiger charge is 2.38. The second-order valence-electron chi connectivity index (χ2n) is 7.12. The molecule has 3 aromatic heterocycles. The normalized spacial score (nSPS) is 17.9. The van der Waals surface area contributed by atoms with Gasteiger partial charge >= 0.3 is 6.09 Å². The molecule has 12 heteroatoms. The second kappa shape index (κ2) is 8.23. The van der Waals surface area contributed by atoms with Gasteiger partial charge < -0.3 is 14.2 Å². The lowest BCUT2D eigenvalue weighted by molar-refractivity contribution is 0.0645. The predicted octanol–water partition coefficient (Wildman–Crippen LogP) is 2.70. The van der Waals surface area contributed by atoms with Gasteiger partial charge in [-0.05, 0) is 37.5 Å². The van der Waals surface area contributed by atoms with Gasteiger partial charge in [-0.1, -0.05) is 0 Å². The number of carbonyl (C=O) groups excluding carboxylic acids is 2. The van der Waals surface area contributed by atoms with Crippen molar-refractivity contribution in [3.8, 4) is 10.8 Å². The molecule has 0 radical (unpaired) electrons. The van der Waals surface area contributed by atoms with E-state index in [0.29, 0.717) is 54.3 Å². The fraction of sp³-hybridized carbons (Fsp3) is 0.368. The Kier molecular flexibility index (Phi) is 5.63. The van der Waals surface area contributed by atoms with Crippen molar-refractivity contribution in [3.05, 3.63) is 41.6 Å². The van der Waals surface area contributed by atoms with Crippen LogP contribution in [0.1, 0.15) is 34.8 Å². The van der Waals surface area contributed by atoms with Crippen molar-refractivity contribution < 1.29 is 14.3 Å². The van der Waals surface area contributed by atoms with Gasteiger partial charge in [0, 0.05) is 31.0 Å². The lowest BCUT2D eigenvalue weighted by Gasteiger charge is -2.35. The summed E-state index contributed by atoms with van der Waals surface area (Å²) < 4.78 is 11.4. The number of rotatable bonds is 3. The smallest absolute Gasteiger partial charge is 0.415 e. The van der Waals surface area contributed by atoms with Gasteiger partial charge in [0.05, 0.1) is 18.3 Å². The Hall–Kier alpha value is -3.05. The Morgan fingerprint density at radius 2 is 1.97 bits per heavy atom. The molecule has 0 spiro atoms. The summed E-state index contributed by atoms with van der Waals surface area (Å²) in [5.41, 5.74) is 1.37. The Morgan fingerprint density at radius 1 is 1.19 bits per heavy atom. The molecule has 5 heterocycles. The minimum atomic E-state index is -0.430. The van der Waals surface area contributed by atoms with E-state index in [1.54, 1.807) is 29.4 Å². The summed E-state index contributed by atoms with van der Waals surface area (Å²) >= 11 is 1.27. The quantitative estimate of drug-likeness (QED) is 0.590. The van der Waals surface area contributed by atoms with Gasteiger partial charge in [-0.15, -0.1) is 12.4 Å². The van der Waals surface area contributed by atoms with Gasteiger partial charge in [-0.3, -0.25) is 14.7 Å². The summed E-state index contributed by atoms with van der Waals surface area (Å²) in [6, 6.07) is 3.11. The van der Waals surface area contributed by atoms with Crippen LogP contribution in [0.3, 0.4) is 0 Å². The molecule has 162 valence electrons. The Labute approximate surface area is 188 Å². The maximum absolute atomic E-state index is 13.1. The van der Waals surface area contributed by atoms with Gasteiger partial charge in [0.25, 0.3) is 5.91 Å². The van der Waals surface area contributed by atoms with E-state index in [9.17, 15) is 9.59 Å². The van der Waals surface area contributed by atoms with Crippen LogP contribution in [0.4, 0.5) is 10.6 Å². The summed E-state index contributed by atoms with van der Waals surface area (Å²) in [6.07, 6.45) is 2.78. The lowest BCUT2D eigenvalue weighted by atomic mass is 10.1. The van der Waals surface area contributed by atoms with Crippen molar-refractivity contribution in [3.63, 3.8) is 0 Å². The Bertz CT molecular complexity index is 1130. The van der Waals surface area contributed by atoms with Crippen molar-refractivity contribution in [1.82, 2.24) is 28.8 Å². The minimum absolute atomic E-state index is 0. The summed E-state index contributed by atoms with van der Waals surface area (Å²) in [5.74, 6) is 1.77. The number of fused-ring (bicyclic) bond motifs is 1. The molecular weight excluding hydrogens is 442 g/mol. The summed E-state index contributed by atoms with van der Waals surface area (Å²) in [7, 11) is 0. The number of amides is 2. The largest absolute Gasteiger partial charge is 0.447 e. The molecule has 2 amide bonds. The van der Waals surface area contributed by atoms with Crippen LogP contribution < -0.4 is 4.90 Å². The third-order valence-corrected chi connectivity index (χ3v) is 6.14. The SMILES string of the molecule is Cc1nsc(-c2nc(N3CCOC3=O)c3n2CCN(C(=O)c2ccncc2)[C@@H]3C)n1.Cl. The highest BCUT2D eigenvalue weighted by Crippen LogP contribution is 2.39. The monoisotopic (exact) mass is 461 g/mol. The zero-order valence-corrected chi connectivity index (χ0v) is 18.5. The Morgan fingerprint density at radius 3 is 2.61 bits per heavy atom. The average molecular weight is 462 g/mol. The molecule has 1 saturated heterocycles. The molecule has 0 aliphatic carbocycles. The third kappa shape index (κ3) is 3.53. The van der Waals surface area contributed by atoms with Crippen LogP contribution in [0.15, 0.2) is 24.5 Å². The number of nitrogens with zero attached hydrogens (tertiary/aromatic N) is 7. The first-order chi connectivity index (χ1) is 14.5. The number of cyclic esters (lactones) is 1. The number of anilines is 1. The van der Waals surface area contributed by atoms with Crippen molar-refractivity contribution in [1.29, 1.82) is 0 Å². The van der Waals surface area contributed by atoms with E-state index in [4.69, 9.17) is 9.72 Å². The fourth-order valence-corrected chi connectivity index (χ4v) is 4.58. The van der Waals surface area contributed by atoms with Crippen LogP contribution in [0.5, 0.6) is 0 Å². The van der Waals surface area contributed by atoms with Crippen LogP contribution in [0.2, 0.25) is 0 Å². The fourth-order valence-electron chi connectivity index (χ4n) is 3.91. The summed E-state index contributed by atoms with van der Waals surface area (Å²) in [5, 5.41) is 0.689. The number of aryl methyl sites for hydroxylation is 1. The summed E-state index contributed by atoms with van der Waals surface area (Å²) in [6.45, 7) is 5.57. The maximum Gasteiger partial charge on any atom is 0.415 e. The number of ether oxygens (including phenoxy) is 1. The zero-order chi connectivity index (χ0) is 20.8. The zero-order valence-electron chi connectivity index (χ0n) is 16.9. The number of carbonyl (C=O) groups is 2. The maximum atomic E-state index is 13.1. The number of imidazole rings is 1. The number of pyridine rings is 1. The van der Waals surface area contributed by atoms with Gasteiger partial charge in [-0.2, -0.15) is 4.37 Å². The van der Waals surface area contributed by atoms with E-state index in [1.165, 1.54) is 16.4 Å². The van der Waals surface area contributed by atoms with E-state index in [-0.39, 0.29) is 24.4 Å². The topological polar surface area (TPSA) is 106 Å². The highest BCUT2D eigenvalue weighted by molar-refractivity contribution is 7.09. The summed E-state index contributed by atoms with van der Waals surface area (Å²) in [4.78, 5) is 42.0. The van der Waals surface area contributed by atoms with E-state index in [0.717, 1.165) is 5.69 Å². The van der Waals surface area contributed by atoms with Crippen molar-refractivity contribution in [2.45, 2.75) is 26.4 Å². The molecule has 3 aromatic rings. The molecule has 2 aliphatic rings. The first-order valence-electron chi connectivity index (χ1n) is 9.61. The van der Waals surface area contributed by atoms with Crippen molar-refractivity contribution >= 4 is 41.8 Å². The van der Waals surface area contributed by atoms with Gasteiger partial charge in [0.2, 0.25) is 0 Å². The molecule has 1 fully saturated rings. The van der Waals surface area contributed by atoms with Crippen molar-refractivity contribution in [2.75, 3.05) is 24.6 Å². The van der Waals surface area contributed by atoms with Crippen LogP contribution in [0.25, 0.3) is 10.8 Å². The molecule has 10 nitrogen and oxygen atoms in total. The molecule has 31 heavy (non-hydrogen) atoms. The molecule has 0 unspecified atom stereocenters. The van der Waals surface area contributed by atoms with E-state index < -0.39 is 6.09 Å². The van der Waals surface area contributed by atoms with Crippen LogP contribution in [-0.4, -0.2) is 60.5 Å². The molecular formula is C19H20ClN7O3S. The van der Waals surface area contributed by atoms with Crippen molar-refractivity contribution in [2.24, 2.45) is 0 Å². The van der Waals surface area contributed by atoms with E-state index in [2.05, 4.69) is 14.3 Å². The van der Waals surface area contributed by atoms with Crippen LogP contribution in [0, 0.1) is 6.92 Å². The van der Waals surface area contributed by atoms with E-state index in [1.807, 2.05) is 18.4 Å². The molecule has 0 bridgehead atoms. The second-order valence-corrected chi connectivity index (χ2v) is 7.87. The molecule has 0 aromatic carbocycles. The number of aromatic nitrogens is 5. The first kappa shape index (κ1) is 21.2. The van der Waals surface area contributed by atoms with Gasteiger partial charge in [-0.25, -0.2) is 14.8 Å². The first-order valence-corrected chi connectivity index (χ1v) is 10.4. The average Bonchev–Trinajstić information content (AvgIpc) is 3.46. The minimum Gasteiger partial charge on any atom is -0.447 e. The van der Waals surface area contributed by atoms with Gasteiger partial charge in [0.15, 0.2) is 16.6 Å². The highest BCUT2D eigenvalue weighted by atomic mass is 35.5. The molecule has 5 rings (SSSR count). The van der Waals surface area contributed by atoms with Gasteiger partial charge in [0.1, 0.15) is 12.4 Å². The number of hydrogen-bond acceptors (Lipinski definition) is 8. The molecule has 0 saturated carbocycles. The Balaban J connectivity index is 0.00000231. The third-order valence-electron chi connectivity index (χ3n) is 5.34. The molecule has 2 aliphatic heterocycles. The van der Waals surface area contributed by atoms with Crippen LogP contribution in [-0.2, 0) is 11.3 Å².